The van der Waals surface area contributed by atoms with E-state index in [1.807, 2.05) is 19.2 Å². The molecule has 1 amide bonds. The number of carbonyl (C=O) groups is 1. The van der Waals surface area contributed by atoms with Crippen LogP contribution in [0.25, 0.3) is 16.6 Å². The Kier molecular flexibility index (Phi) is 6.03. The Morgan fingerprint density at radius 3 is 2.61 bits per heavy atom. The van der Waals surface area contributed by atoms with E-state index in [-0.39, 0.29) is 11.4 Å². The number of pyridine rings is 3. The molecule has 2 aliphatic heterocycles. The highest BCUT2D eigenvalue weighted by molar-refractivity contribution is 5.94. The van der Waals surface area contributed by atoms with Crippen LogP contribution in [-0.2, 0) is 0 Å². The molecule has 4 fully saturated rings. The summed E-state index contributed by atoms with van der Waals surface area (Å²) in [6, 6.07) is 12.5. The summed E-state index contributed by atoms with van der Waals surface area (Å²) in [5.74, 6) is 2.66. The molecule has 2 saturated carbocycles. The van der Waals surface area contributed by atoms with Crippen LogP contribution in [0.2, 0.25) is 0 Å². The van der Waals surface area contributed by atoms with Gasteiger partial charge in [-0.25, -0.2) is 14.5 Å². The van der Waals surface area contributed by atoms with Crippen LogP contribution < -0.4 is 19.7 Å². The molecule has 4 aliphatic rings. The van der Waals surface area contributed by atoms with Crippen molar-refractivity contribution in [3.8, 4) is 28.8 Å². The molecule has 4 aromatic heterocycles. The van der Waals surface area contributed by atoms with E-state index in [1.54, 1.807) is 42.3 Å². The largest absolute Gasteiger partial charge is 0.492 e. The first-order valence-electron chi connectivity index (χ1n) is 14.1. The Morgan fingerprint density at radius 2 is 1.95 bits per heavy atom. The van der Waals surface area contributed by atoms with Crippen molar-refractivity contribution in [2.75, 3.05) is 18.6 Å². The highest BCUT2D eigenvalue weighted by Gasteiger charge is 2.55. The van der Waals surface area contributed by atoms with Gasteiger partial charge in [-0.3, -0.25) is 4.79 Å². The summed E-state index contributed by atoms with van der Waals surface area (Å²) in [5, 5.41) is 17.4. The molecule has 0 radical (unpaired) electrons. The number of nitrogens with zero attached hydrogens (tertiary/aromatic N) is 6. The summed E-state index contributed by atoms with van der Waals surface area (Å²) >= 11 is 0. The second kappa shape index (κ2) is 9.77. The van der Waals surface area contributed by atoms with Crippen LogP contribution >= 0.6 is 0 Å². The molecule has 2 unspecified atom stereocenters. The molecule has 0 spiro atoms. The SMILES string of the molecule is CCOc1cc(-c2ccc(N3[C@@H]4CC5C[C@H]3CC(NC(=O)c3ccc(OC)nc3)(C5)C4)nc2)c2c(C#N)cnn2c1. The minimum absolute atomic E-state index is 0.0756. The number of piperidine rings is 2. The van der Waals surface area contributed by atoms with Gasteiger partial charge in [0.15, 0.2) is 0 Å². The number of carbonyl (C=O) groups excluding carboxylic acids is 1. The number of hydrogen-bond donors (Lipinski definition) is 1. The van der Waals surface area contributed by atoms with E-state index in [0.29, 0.717) is 47.4 Å². The van der Waals surface area contributed by atoms with Gasteiger partial charge in [-0.2, -0.15) is 10.4 Å². The fraction of sp³-hybridized carbons (Fsp3) is 0.387. The Labute approximate surface area is 237 Å². The monoisotopic (exact) mass is 549 g/mol. The molecular formula is C31H31N7O3. The molecule has 2 aliphatic carbocycles. The Hall–Kier alpha value is -4.65. The van der Waals surface area contributed by atoms with Gasteiger partial charge < -0.3 is 19.7 Å². The number of ether oxygens (including phenoxy) is 2. The van der Waals surface area contributed by atoms with Gasteiger partial charge in [0.25, 0.3) is 5.91 Å². The van der Waals surface area contributed by atoms with Crippen molar-refractivity contribution in [3.63, 3.8) is 0 Å². The van der Waals surface area contributed by atoms with Crippen LogP contribution in [0, 0.1) is 17.2 Å². The minimum atomic E-state index is -0.203. The molecule has 1 N–H and O–H groups in total. The predicted molar refractivity (Wildman–Crippen MR) is 152 cm³/mol. The average Bonchev–Trinajstić information content (AvgIpc) is 3.40. The van der Waals surface area contributed by atoms with E-state index < -0.39 is 0 Å². The number of fused-ring (bicyclic) bond motifs is 1. The summed E-state index contributed by atoms with van der Waals surface area (Å²) in [7, 11) is 1.56. The van der Waals surface area contributed by atoms with Crippen LogP contribution in [0.4, 0.5) is 5.82 Å². The van der Waals surface area contributed by atoms with Crippen molar-refractivity contribution in [2.24, 2.45) is 5.92 Å². The number of anilines is 1. The van der Waals surface area contributed by atoms with Gasteiger partial charge in [0.05, 0.1) is 42.8 Å². The summed E-state index contributed by atoms with van der Waals surface area (Å²) in [4.78, 5) is 24.8. The summed E-state index contributed by atoms with van der Waals surface area (Å²) in [5.41, 5.74) is 3.36. The highest BCUT2D eigenvalue weighted by Crippen LogP contribution is 2.52. The van der Waals surface area contributed by atoms with E-state index in [4.69, 9.17) is 14.5 Å². The normalized spacial score (nSPS) is 24.3. The second-order valence-corrected chi connectivity index (χ2v) is 11.4. The van der Waals surface area contributed by atoms with Gasteiger partial charge in [0.2, 0.25) is 5.88 Å². The van der Waals surface area contributed by atoms with E-state index in [2.05, 4.69) is 38.5 Å². The van der Waals surface area contributed by atoms with Gasteiger partial charge in [-0.15, -0.1) is 0 Å². The van der Waals surface area contributed by atoms with Crippen LogP contribution in [0.3, 0.4) is 0 Å². The molecule has 10 heteroatoms. The predicted octanol–water partition coefficient (Wildman–Crippen LogP) is 4.39. The van der Waals surface area contributed by atoms with Crippen LogP contribution in [-0.4, -0.2) is 56.8 Å². The summed E-state index contributed by atoms with van der Waals surface area (Å²) in [6.07, 6.45) is 11.9. The quantitative estimate of drug-likeness (QED) is 0.361. The maximum atomic E-state index is 13.2. The number of nitriles is 1. The second-order valence-electron chi connectivity index (χ2n) is 11.4. The van der Waals surface area contributed by atoms with E-state index in [9.17, 15) is 10.1 Å². The zero-order valence-corrected chi connectivity index (χ0v) is 23.1. The standard InChI is InChI=1S/C31H31N7O3/c1-3-41-25-10-26(29-22(14-32)17-35-37(29)18-25)20-4-6-27(33-15-20)38-23-8-19-9-24(38)13-31(11-19,12-23)36-30(39)21-5-7-28(40-2)34-16-21/h4-7,10,15-19,23-24H,3,8-9,11-13H2,1-2H3,(H,36,39)/t19?,23-,24+,31?. The van der Waals surface area contributed by atoms with Gasteiger partial charge in [0.1, 0.15) is 17.6 Å². The third kappa shape index (κ3) is 4.32. The molecule has 10 nitrogen and oxygen atoms in total. The number of amides is 1. The minimum Gasteiger partial charge on any atom is -0.492 e. The number of rotatable bonds is 7. The molecule has 8 rings (SSSR count). The zero-order chi connectivity index (χ0) is 28.1. The van der Waals surface area contributed by atoms with E-state index >= 15 is 0 Å². The number of methoxy groups -OCH3 is 1. The van der Waals surface area contributed by atoms with E-state index in [0.717, 1.165) is 54.6 Å². The van der Waals surface area contributed by atoms with Crippen molar-refractivity contribution in [2.45, 2.75) is 56.7 Å². The molecule has 4 aromatic rings. The molecule has 4 bridgehead atoms. The summed E-state index contributed by atoms with van der Waals surface area (Å²) in [6.45, 7) is 2.47. The Balaban J connectivity index is 1.14. The van der Waals surface area contributed by atoms with E-state index in [1.165, 1.54) is 0 Å². The fourth-order valence-corrected chi connectivity index (χ4v) is 7.44. The van der Waals surface area contributed by atoms with Crippen molar-refractivity contribution in [1.29, 1.82) is 5.26 Å². The highest BCUT2D eigenvalue weighted by atomic mass is 16.5. The maximum Gasteiger partial charge on any atom is 0.253 e. The van der Waals surface area contributed by atoms with Crippen molar-refractivity contribution in [3.05, 3.63) is 66.2 Å². The molecular weight excluding hydrogens is 518 g/mol. The molecule has 4 atom stereocenters. The first-order valence-corrected chi connectivity index (χ1v) is 14.1. The van der Waals surface area contributed by atoms with Crippen LogP contribution in [0.5, 0.6) is 11.6 Å². The molecule has 208 valence electrons. The molecule has 41 heavy (non-hydrogen) atoms. The van der Waals surface area contributed by atoms with Crippen LogP contribution in [0.15, 0.2) is 55.1 Å². The topological polar surface area (TPSA) is 118 Å². The van der Waals surface area contributed by atoms with Gasteiger partial charge in [-0.05, 0) is 69.2 Å². The van der Waals surface area contributed by atoms with Crippen molar-refractivity contribution in [1.82, 2.24) is 24.9 Å². The smallest absolute Gasteiger partial charge is 0.253 e. The maximum absolute atomic E-state index is 13.2. The number of aromatic nitrogens is 4. The van der Waals surface area contributed by atoms with Gasteiger partial charge in [-0.1, -0.05) is 0 Å². The lowest BCUT2D eigenvalue weighted by Gasteiger charge is -2.62. The number of nitrogens with one attached hydrogen (secondary N) is 1. The third-order valence-electron chi connectivity index (χ3n) is 8.86. The fourth-order valence-electron chi connectivity index (χ4n) is 7.44. The zero-order valence-electron chi connectivity index (χ0n) is 23.1. The molecule has 0 aromatic carbocycles. The lowest BCUT2D eigenvalue weighted by Crippen LogP contribution is -2.69. The van der Waals surface area contributed by atoms with Gasteiger partial charge >= 0.3 is 0 Å². The van der Waals surface area contributed by atoms with Crippen molar-refractivity contribution >= 4 is 17.2 Å². The number of hydrogen-bond acceptors (Lipinski definition) is 8. The molecule has 6 heterocycles. The third-order valence-corrected chi connectivity index (χ3v) is 8.86. The van der Waals surface area contributed by atoms with Gasteiger partial charge in [0, 0.05) is 47.2 Å². The lowest BCUT2D eigenvalue weighted by molar-refractivity contribution is 0.0359. The first-order chi connectivity index (χ1) is 20.0. The van der Waals surface area contributed by atoms with Crippen LogP contribution in [0.1, 0.15) is 54.9 Å². The van der Waals surface area contributed by atoms with Crippen molar-refractivity contribution < 1.29 is 14.3 Å². The summed E-state index contributed by atoms with van der Waals surface area (Å²) < 4.78 is 12.6. The Morgan fingerprint density at radius 1 is 1.12 bits per heavy atom. The lowest BCUT2D eigenvalue weighted by atomic mass is 9.59. The molecule has 2 saturated heterocycles. The average molecular weight is 550 g/mol. The first kappa shape index (κ1) is 25.3. The Bertz CT molecular complexity index is 1640.